The normalized spacial score (nSPS) is 8.68. The highest BCUT2D eigenvalue weighted by atomic mass is 16.5. The molecule has 6 nitrogen and oxygen atoms in total. The van der Waals surface area contributed by atoms with Gasteiger partial charge in [0, 0.05) is 11.6 Å². The Labute approximate surface area is 128 Å². The molecule has 0 spiro atoms. The van der Waals surface area contributed by atoms with E-state index in [1.807, 2.05) is 13.8 Å². The summed E-state index contributed by atoms with van der Waals surface area (Å²) in [5, 5.41) is 35.5. The molecule has 22 heavy (non-hydrogen) atoms. The summed E-state index contributed by atoms with van der Waals surface area (Å²) in [6.07, 6.45) is 0.596. The van der Waals surface area contributed by atoms with Crippen molar-refractivity contribution in [3.05, 3.63) is 42.0 Å². The Kier molecular flexibility index (Phi) is 8.62. The number of carbonyl (C=O) groups is 1. The maximum atomic E-state index is 10.1. The lowest BCUT2D eigenvalue weighted by atomic mass is 10.2. The van der Waals surface area contributed by atoms with Crippen LogP contribution in [0.4, 0.5) is 0 Å². The molecular formula is C16H20O6. The molecule has 2 rings (SSSR count). The highest BCUT2D eigenvalue weighted by Crippen LogP contribution is 2.28. The van der Waals surface area contributed by atoms with Gasteiger partial charge in [-0.05, 0) is 30.3 Å². The molecular weight excluding hydrogens is 288 g/mol. The molecule has 4 N–H and O–H groups in total. The van der Waals surface area contributed by atoms with Crippen LogP contribution < -0.4 is 4.74 Å². The summed E-state index contributed by atoms with van der Waals surface area (Å²) in [6.45, 7) is 4.00. The van der Waals surface area contributed by atoms with E-state index in [9.17, 15) is 4.79 Å². The minimum atomic E-state index is -0.274. The first kappa shape index (κ1) is 19.1. The molecule has 120 valence electrons. The van der Waals surface area contributed by atoms with Gasteiger partial charge in [0.2, 0.25) is 0 Å². The van der Waals surface area contributed by atoms with Crippen LogP contribution in [-0.2, 0) is 0 Å². The van der Waals surface area contributed by atoms with Crippen LogP contribution in [0.2, 0.25) is 0 Å². The second-order valence-electron chi connectivity index (χ2n) is 3.72. The van der Waals surface area contributed by atoms with Crippen LogP contribution >= 0.6 is 0 Å². The van der Waals surface area contributed by atoms with Crippen molar-refractivity contribution in [2.24, 2.45) is 0 Å². The quantitative estimate of drug-likeness (QED) is 0.386. The van der Waals surface area contributed by atoms with Crippen molar-refractivity contribution in [1.29, 1.82) is 0 Å². The van der Waals surface area contributed by atoms with E-state index in [2.05, 4.69) is 0 Å². The van der Waals surface area contributed by atoms with Gasteiger partial charge in [-0.15, -0.1) is 0 Å². The fraction of sp³-hybridized carbons (Fsp3) is 0.188. The summed E-state index contributed by atoms with van der Waals surface area (Å²) in [5.74, 6) is -0.106. The van der Waals surface area contributed by atoms with Crippen LogP contribution in [0.5, 0.6) is 28.7 Å². The molecule has 0 aliphatic carbocycles. The standard InChI is InChI=1S/C7H8O3.C7H6O3.C2H6/c1-10-7-4-5(8)2-3-6(7)9;8-4-5-1-2-6(9)7(10)3-5;1-2/h2-4,8-9H,1H3;1-4,9-10H;1-2H3. The molecule has 2 aromatic rings. The van der Waals surface area contributed by atoms with Gasteiger partial charge < -0.3 is 25.2 Å². The van der Waals surface area contributed by atoms with Gasteiger partial charge in [-0.25, -0.2) is 0 Å². The van der Waals surface area contributed by atoms with Gasteiger partial charge >= 0.3 is 0 Å². The summed E-state index contributed by atoms with van der Waals surface area (Å²) in [4.78, 5) is 10.1. The number of benzene rings is 2. The zero-order chi connectivity index (χ0) is 17.1. The number of phenolic OH excluding ortho intramolecular Hbond substituents is 4. The Morgan fingerprint density at radius 2 is 1.45 bits per heavy atom. The molecule has 0 heterocycles. The molecule has 0 aromatic heterocycles. The van der Waals surface area contributed by atoms with Crippen LogP contribution in [0.1, 0.15) is 24.2 Å². The molecule has 0 atom stereocenters. The number of hydrogen-bond donors (Lipinski definition) is 4. The Balaban J connectivity index is 0.000000360. The van der Waals surface area contributed by atoms with Crippen molar-refractivity contribution >= 4 is 6.29 Å². The second-order valence-corrected chi connectivity index (χ2v) is 3.72. The molecule has 0 saturated heterocycles. The van der Waals surface area contributed by atoms with E-state index < -0.39 is 0 Å². The van der Waals surface area contributed by atoms with Gasteiger partial charge in [0.25, 0.3) is 0 Å². The van der Waals surface area contributed by atoms with Crippen molar-refractivity contribution in [2.45, 2.75) is 13.8 Å². The van der Waals surface area contributed by atoms with E-state index in [1.54, 1.807) is 0 Å². The SMILES string of the molecule is CC.COc1cc(O)ccc1O.O=Cc1ccc(O)c(O)c1. The smallest absolute Gasteiger partial charge is 0.164 e. The van der Waals surface area contributed by atoms with E-state index in [4.69, 9.17) is 25.2 Å². The van der Waals surface area contributed by atoms with E-state index in [-0.39, 0.29) is 28.7 Å². The van der Waals surface area contributed by atoms with Crippen molar-refractivity contribution in [2.75, 3.05) is 7.11 Å². The first-order valence-corrected chi connectivity index (χ1v) is 6.51. The van der Waals surface area contributed by atoms with Gasteiger partial charge in [-0.2, -0.15) is 0 Å². The molecule has 0 saturated carbocycles. The second kappa shape index (κ2) is 9.93. The third-order valence-electron chi connectivity index (χ3n) is 2.30. The Morgan fingerprint density at radius 3 is 1.91 bits per heavy atom. The van der Waals surface area contributed by atoms with Crippen LogP contribution in [0.25, 0.3) is 0 Å². The Hall–Kier alpha value is -2.89. The molecule has 0 amide bonds. The van der Waals surface area contributed by atoms with Crippen LogP contribution in [-0.4, -0.2) is 33.8 Å². The number of rotatable bonds is 2. The van der Waals surface area contributed by atoms with Gasteiger partial charge in [-0.1, -0.05) is 13.8 Å². The third kappa shape index (κ3) is 6.04. The Bertz CT molecular complexity index is 595. The molecule has 0 aliphatic heterocycles. The molecule has 0 fully saturated rings. The lowest BCUT2D eigenvalue weighted by molar-refractivity contribution is 0.112. The predicted molar refractivity (Wildman–Crippen MR) is 82.8 cm³/mol. The van der Waals surface area contributed by atoms with Crippen LogP contribution in [0, 0.1) is 0 Å². The van der Waals surface area contributed by atoms with Crippen molar-refractivity contribution in [3.63, 3.8) is 0 Å². The van der Waals surface area contributed by atoms with E-state index >= 15 is 0 Å². The summed E-state index contributed by atoms with van der Waals surface area (Å²) in [7, 11) is 1.43. The van der Waals surface area contributed by atoms with Gasteiger partial charge in [0.1, 0.15) is 12.0 Å². The van der Waals surface area contributed by atoms with E-state index in [0.717, 1.165) is 0 Å². The number of ether oxygens (including phenoxy) is 1. The fourth-order valence-electron chi connectivity index (χ4n) is 1.28. The number of phenols is 4. The molecule has 0 radical (unpaired) electrons. The lowest BCUT2D eigenvalue weighted by Gasteiger charge is -2.01. The summed E-state index contributed by atoms with van der Waals surface area (Å²) in [5.41, 5.74) is 0.343. The van der Waals surface area contributed by atoms with E-state index in [1.165, 1.54) is 43.5 Å². The maximum Gasteiger partial charge on any atom is 0.164 e. The number of methoxy groups -OCH3 is 1. The van der Waals surface area contributed by atoms with Crippen molar-refractivity contribution < 1.29 is 30.0 Å². The van der Waals surface area contributed by atoms with E-state index in [0.29, 0.717) is 11.8 Å². The minimum absolute atomic E-state index is 0.0281. The number of carbonyl (C=O) groups excluding carboxylic acids is 1. The number of aldehydes is 1. The van der Waals surface area contributed by atoms with Crippen molar-refractivity contribution in [3.8, 4) is 28.7 Å². The number of aromatic hydroxyl groups is 4. The average molecular weight is 308 g/mol. The largest absolute Gasteiger partial charge is 0.508 e. The highest BCUT2D eigenvalue weighted by molar-refractivity contribution is 5.76. The Morgan fingerprint density at radius 1 is 0.864 bits per heavy atom. The molecule has 2 aromatic carbocycles. The van der Waals surface area contributed by atoms with Gasteiger partial charge in [-0.3, -0.25) is 4.79 Å². The average Bonchev–Trinajstić information content (AvgIpc) is 2.55. The first-order chi connectivity index (χ1) is 10.5. The van der Waals surface area contributed by atoms with Gasteiger partial charge in [0.15, 0.2) is 23.0 Å². The monoisotopic (exact) mass is 308 g/mol. The highest BCUT2D eigenvalue weighted by Gasteiger charge is 1.99. The molecule has 0 bridgehead atoms. The fourth-order valence-corrected chi connectivity index (χ4v) is 1.28. The molecule has 0 unspecified atom stereocenters. The first-order valence-electron chi connectivity index (χ1n) is 6.51. The topological polar surface area (TPSA) is 107 Å². The molecule has 0 aliphatic rings. The zero-order valence-corrected chi connectivity index (χ0v) is 12.6. The molecule has 6 heteroatoms. The van der Waals surface area contributed by atoms with Gasteiger partial charge in [0.05, 0.1) is 7.11 Å². The summed E-state index contributed by atoms with van der Waals surface area (Å²) >= 11 is 0. The lowest BCUT2D eigenvalue weighted by Crippen LogP contribution is -1.81. The predicted octanol–water partition coefficient (Wildman–Crippen LogP) is 3.04. The summed E-state index contributed by atoms with van der Waals surface area (Å²) < 4.78 is 4.72. The number of hydrogen-bond acceptors (Lipinski definition) is 6. The minimum Gasteiger partial charge on any atom is -0.508 e. The maximum absolute atomic E-state index is 10.1. The van der Waals surface area contributed by atoms with Crippen LogP contribution in [0.15, 0.2) is 36.4 Å². The van der Waals surface area contributed by atoms with Crippen LogP contribution in [0.3, 0.4) is 0 Å². The zero-order valence-electron chi connectivity index (χ0n) is 12.6. The van der Waals surface area contributed by atoms with Crippen molar-refractivity contribution in [1.82, 2.24) is 0 Å². The summed E-state index contributed by atoms with van der Waals surface area (Å²) in [6, 6.07) is 7.98. The third-order valence-corrected chi connectivity index (χ3v) is 2.30.